The molecule has 0 aromatic heterocycles. The van der Waals surface area contributed by atoms with Gasteiger partial charge in [0.2, 0.25) is 0 Å². The molecule has 0 saturated heterocycles. The number of phenolic OH excluding ortho intramolecular Hbond substituents is 2. The number of hydrogen-bond acceptors (Lipinski definition) is 4. The Morgan fingerprint density at radius 2 is 1.23 bits per heavy atom. The summed E-state index contributed by atoms with van der Waals surface area (Å²) in [5, 5.41) is 22.7. The summed E-state index contributed by atoms with van der Waals surface area (Å²) < 4.78 is 12.6. The Bertz CT molecular complexity index is 1590. The summed E-state index contributed by atoms with van der Waals surface area (Å²) in [6.45, 7) is 1.84. The third-order valence-corrected chi connectivity index (χ3v) is 7.35. The molecule has 0 aliphatic heterocycles. The van der Waals surface area contributed by atoms with Gasteiger partial charge in [0.05, 0.1) is 10.0 Å². The highest BCUT2D eigenvalue weighted by atomic mass is 35.5. The van der Waals surface area contributed by atoms with Crippen LogP contribution in [-0.4, -0.2) is 10.2 Å². The van der Waals surface area contributed by atoms with Crippen LogP contribution in [0.25, 0.3) is 0 Å². The molecular weight excluding hydrogens is 543 g/mol. The van der Waals surface area contributed by atoms with Crippen molar-refractivity contribution in [2.24, 2.45) is 0 Å². The molecule has 0 amide bonds. The van der Waals surface area contributed by atoms with Crippen LogP contribution >= 0.6 is 23.2 Å². The number of benzene rings is 5. The molecule has 5 aromatic rings. The average Bonchev–Trinajstić information content (AvgIpc) is 2.97. The Kier molecular flexibility index (Phi) is 8.49. The van der Waals surface area contributed by atoms with Crippen molar-refractivity contribution in [2.75, 3.05) is 0 Å². The summed E-state index contributed by atoms with van der Waals surface area (Å²) in [7, 11) is 0. The van der Waals surface area contributed by atoms with Gasteiger partial charge in [0.1, 0.15) is 34.9 Å². The molecular formula is C34H28Cl2O4. The fourth-order valence-corrected chi connectivity index (χ4v) is 5.28. The van der Waals surface area contributed by atoms with Crippen molar-refractivity contribution >= 4 is 23.2 Å². The van der Waals surface area contributed by atoms with Crippen molar-refractivity contribution in [3.05, 3.63) is 147 Å². The van der Waals surface area contributed by atoms with Gasteiger partial charge < -0.3 is 19.7 Å². The topological polar surface area (TPSA) is 58.9 Å². The zero-order valence-electron chi connectivity index (χ0n) is 21.9. The summed E-state index contributed by atoms with van der Waals surface area (Å²) in [6, 6.07) is 33.5. The van der Waals surface area contributed by atoms with E-state index < -0.39 is 6.10 Å². The average molecular weight is 572 g/mol. The van der Waals surface area contributed by atoms with Crippen LogP contribution in [0.4, 0.5) is 0 Å². The van der Waals surface area contributed by atoms with E-state index in [4.69, 9.17) is 32.7 Å². The van der Waals surface area contributed by atoms with Crippen molar-refractivity contribution in [2.45, 2.75) is 25.9 Å². The van der Waals surface area contributed by atoms with E-state index in [-0.39, 0.29) is 11.5 Å². The molecule has 2 N–H and O–H groups in total. The zero-order chi connectivity index (χ0) is 28.1. The highest BCUT2D eigenvalue weighted by Gasteiger charge is 2.26. The fourth-order valence-electron chi connectivity index (χ4n) is 4.70. The molecule has 0 fully saturated rings. The van der Waals surface area contributed by atoms with Crippen molar-refractivity contribution in [3.63, 3.8) is 0 Å². The van der Waals surface area contributed by atoms with Crippen LogP contribution in [0.2, 0.25) is 10.0 Å². The lowest BCUT2D eigenvalue weighted by Gasteiger charge is -2.24. The summed E-state index contributed by atoms with van der Waals surface area (Å²) in [5.74, 6) is 1.36. The molecule has 5 aromatic carbocycles. The van der Waals surface area contributed by atoms with Crippen LogP contribution in [0.5, 0.6) is 28.7 Å². The quantitative estimate of drug-likeness (QED) is 0.185. The van der Waals surface area contributed by atoms with Gasteiger partial charge in [-0.25, -0.2) is 0 Å². The minimum absolute atomic E-state index is 0.0381. The van der Waals surface area contributed by atoms with Gasteiger partial charge in [0.15, 0.2) is 0 Å². The fraction of sp³-hybridized carbons (Fsp3) is 0.118. The number of hydrogen-bond donors (Lipinski definition) is 2. The van der Waals surface area contributed by atoms with Gasteiger partial charge >= 0.3 is 0 Å². The van der Waals surface area contributed by atoms with Crippen LogP contribution in [0.15, 0.2) is 109 Å². The molecule has 202 valence electrons. The number of halogens is 2. The summed E-state index contributed by atoms with van der Waals surface area (Å²) in [5.41, 5.74) is 3.74. The van der Waals surface area contributed by atoms with Gasteiger partial charge in [-0.3, -0.25) is 0 Å². The van der Waals surface area contributed by atoms with Crippen molar-refractivity contribution < 1.29 is 19.7 Å². The largest absolute Gasteiger partial charge is 0.508 e. The second kappa shape index (κ2) is 12.4. The molecule has 1 unspecified atom stereocenters. The molecule has 0 radical (unpaired) electrons. The Balaban J connectivity index is 1.58. The first-order chi connectivity index (χ1) is 19.4. The van der Waals surface area contributed by atoms with Crippen LogP contribution in [0, 0.1) is 0 Å². The Morgan fingerprint density at radius 1 is 0.675 bits per heavy atom. The molecule has 40 heavy (non-hydrogen) atoms. The molecule has 0 aliphatic rings. The number of phenols is 2. The minimum atomic E-state index is -0.662. The Hall–Kier alpha value is -4.12. The molecule has 0 spiro atoms. The van der Waals surface area contributed by atoms with E-state index in [0.717, 1.165) is 11.1 Å². The van der Waals surface area contributed by atoms with E-state index in [2.05, 4.69) is 0 Å². The van der Waals surface area contributed by atoms with Gasteiger partial charge in [-0.2, -0.15) is 0 Å². The van der Waals surface area contributed by atoms with E-state index in [9.17, 15) is 10.2 Å². The van der Waals surface area contributed by atoms with Crippen molar-refractivity contribution in [1.29, 1.82) is 0 Å². The van der Waals surface area contributed by atoms with Gasteiger partial charge in [-0.1, -0.05) is 102 Å². The molecule has 0 bridgehead atoms. The number of para-hydroxylation sites is 1. The van der Waals surface area contributed by atoms with Crippen molar-refractivity contribution in [3.8, 4) is 28.7 Å². The predicted molar refractivity (Wildman–Crippen MR) is 160 cm³/mol. The smallest absolute Gasteiger partial charge is 0.150 e. The summed E-state index contributed by atoms with van der Waals surface area (Å²) in [6.07, 6.45) is 0.179. The SMILES string of the molecule is CC(Oc1c(Cl)ccc(O)c1Cc1ccccc1)c1c(Cl)c(Oc2ccccc2)cc(O)c1Cc1ccccc1. The van der Waals surface area contributed by atoms with Crippen LogP contribution in [0.1, 0.15) is 40.8 Å². The first-order valence-electron chi connectivity index (χ1n) is 12.9. The summed E-state index contributed by atoms with van der Waals surface area (Å²) in [4.78, 5) is 0. The lowest BCUT2D eigenvalue weighted by Crippen LogP contribution is -2.11. The van der Waals surface area contributed by atoms with Crippen LogP contribution in [0.3, 0.4) is 0 Å². The lowest BCUT2D eigenvalue weighted by molar-refractivity contribution is 0.222. The van der Waals surface area contributed by atoms with E-state index in [1.165, 1.54) is 6.07 Å². The van der Waals surface area contributed by atoms with Crippen molar-refractivity contribution in [1.82, 2.24) is 0 Å². The Morgan fingerprint density at radius 3 is 1.82 bits per heavy atom. The Labute approximate surface area is 244 Å². The van der Waals surface area contributed by atoms with E-state index in [1.807, 2.05) is 97.9 Å². The normalized spacial score (nSPS) is 11.7. The van der Waals surface area contributed by atoms with E-state index in [0.29, 0.717) is 56.8 Å². The zero-order valence-corrected chi connectivity index (χ0v) is 23.4. The molecule has 5 rings (SSSR count). The highest BCUT2D eigenvalue weighted by molar-refractivity contribution is 6.33. The number of aromatic hydroxyl groups is 2. The molecule has 4 nitrogen and oxygen atoms in total. The monoisotopic (exact) mass is 570 g/mol. The highest BCUT2D eigenvalue weighted by Crippen LogP contribution is 2.45. The van der Waals surface area contributed by atoms with E-state index >= 15 is 0 Å². The standard InChI is InChI=1S/C34H28Cl2O4/c1-22(39-34-27(29(37)18-17-28(34)35)20-24-13-7-3-8-14-24)32-26(19-23-11-5-2-6-12-23)30(38)21-31(33(32)36)40-25-15-9-4-10-16-25/h2-18,21-22,37-38H,19-20H2,1H3. The molecule has 0 heterocycles. The maximum absolute atomic E-state index is 11.2. The number of ether oxygens (including phenoxy) is 2. The minimum Gasteiger partial charge on any atom is -0.508 e. The summed E-state index contributed by atoms with van der Waals surface area (Å²) >= 11 is 13.6. The van der Waals surface area contributed by atoms with Crippen LogP contribution in [-0.2, 0) is 12.8 Å². The maximum Gasteiger partial charge on any atom is 0.150 e. The number of rotatable bonds is 9. The first-order valence-corrected chi connectivity index (χ1v) is 13.7. The second-order valence-electron chi connectivity index (χ2n) is 9.47. The predicted octanol–water partition coefficient (Wildman–Crippen LogP) is 9.52. The lowest BCUT2D eigenvalue weighted by atomic mass is 9.95. The second-order valence-corrected chi connectivity index (χ2v) is 10.3. The van der Waals surface area contributed by atoms with Gasteiger partial charge in [-0.05, 0) is 42.3 Å². The molecule has 1 atom stereocenters. The molecule has 0 saturated carbocycles. The third-order valence-electron chi connectivity index (χ3n) is 6.66. The maximum atomic E-state index is 11.2. The molecule has 6 heteroatoms. The third kappa shape index (κ3) is 6.20. The van der Waals surface area contributed by atoms with E-state index in [1.54, 1.807) is 12.1 Å². The first kappa shape index (κ1) is 27.4. The van der Waals surface area contributed by atoms with Gasteiger partial charge in [0.25, 0.3) is 0 Å². The van der Waals surface area contributed by atoms with Gasteiger partial charge in [0, 0.05) is 35.6 Å². The van der Waals surface area contributed by atoms with Crippen LogP contribution < -0.4 is 9.47 Å². The van der Waals surface area contributed by atoms with Gasteiger partial charge in [-0.15, -0.1) is 0 Å². The molecule has 0 aliphatic carbocycles.